The first-order valence-corrected chi connectivity index (χ1v) is 6.34. The summed E-state index contributed by atoms with van der Waals surface area (Å²) in [4.78, 5) is 2.37. The second-order valence-corrected chi connectivity index (χ2v) is 4.66. The fourth-order valence-electron chi connectivity index (χ4n) is 2.46. The van der Waals surface area contributed by atoms with Crippen molar-refractivity contribution in [2.24, 2.45) is 0 Å². The van der Waals surface area contributed by atoms with Gasteiger partial charge in [-0.05, 0) is 37.5 Å². The molecule has 1 aliphatic heterocycles. The van der Waals surface area contributed by atoms with Gasteiger partial charge >= 0.3 is 0 Å². The molecule has 1 aromatic heterocycles. The van der Waals surface area contributed by atoms with E-state index in [9.17, 15) is 0 Å². The van der Waals surface area contributed by atoms with E-state index >= 15 is 0 Å². The van der Waals surface area contributed by atoms with E-state index in [-0.39, 0.29) is 24.8 Å². The third-order valence-electron chi connectivity index (χ3n) is 3.42. The number of halogens is 2. The molecule has 1 fully saturated rings. The number of aromatic nitrogens is 3. The fraction of sp³-hybridized carbons (Fsp3) is 0.385. The predicted molar refractivity (Wildman–Crippen MR) is 86.3 cm³/mol. The molecule has 2 heterocycles. The lowest BCUT2D eigenvalue weighted by molar-refractivity contribution is 0.578. The molecular formula is C13H19Cl2N5. The molecule has 0 unspecified atom stereocenters. The van der Waals surface area contributed by atoms with Crippen LogP contribution in [0.4, 0.5) is 11.4 Å². The van der Waals surface area contributed by atoms with Gasteiger partial charge < -0.3 is 10.6 Å². The number of piperidine rings is 1. The molecule has 1 saturated heterocycles. The summed E-state index contributed by atoms with van der Waals surface area (Å²) in [5, 5.41) is 7.60. The third kappa shape index (κ3) is 3.35. The van der Waals surface area contributed by atoms with E-state index in [4.69, 9.17) is 5.73 Å². The van der Waals surface area contributed by atoms with E-state index in [0.717, 1.165) is 30.2 Å². The molecule has 20 heavy (non-hydrogen) atoms. The Labute approximate surface area is 131 Å². The van der Waals surface area contributed by atoms with Crippen molar-refractivity contribution < 1.29 is 0 Å². The van der Waals surface area contributed by atoms with Crippen molar-refractivity contribution in [2.75, 3.05) is 23.7 Å². The first-order chi connectivity index (χ1) is 8.84. The lowest BCUT2D eigenvalue weighted by Crippen LogP contribution is -2.30. The molecule has 0 amide bonds. The average Bonchev–Trinajstić information content (AvgIpc) is 2.93. The Morgan fingerprint density at radius 1 is 0.950 bits per heavy atom. The Morgan fingerprint density at radius 3 is 2.20 bits per heavy atom. The molecule has 1 aromatic carbocycles. The van der Waals surface area contributed by atoms with Crippen molar-refractivity contribution in [3.05, 3.63) is 30.9 Å². The smallest absolute Gasteiger partial charge is 0.123 e. The summed E-state index contributed by atoms with van der Waals surface area (Å²) in [6, 6.07) is 6.13. The van der Waals surface area contributed by atoms with E-state index in [2.05, 4.69) is 27.2 Å². The molecule has 3 rings (SSSR count). The van der Waals surface area contributed by atoms with Crippen LogP contribution in [0.3, 0.4) is 0 Å². The number of hydrogen-bond acceptors (Lipinski definition) is 4. The minimum Gasteiger partial charge on any atom is -0.397 e. The van der Waals surface area contributed by atoms with Crippen LogP contribution in [0.25, 0.3) is 5.69 Å². The van der Waals surface area contributed by atoms with Gasteiger partial charge in [-0.2, -0.15) is 0 Å². The monoisotopic (exact) mass is 315 g/mol. The third-order valence-corrected chi connectivity index (χ3v) is 3.42. The number of nitrogens with zero attached hydrogens (tertiary/aromatic N) is 4. The van der Waals surface area contributed by atoms with Crippen LogP contribution in [0.2, 0.25) is 0 Å². The molecule has 5 nitrogen and oxygen atoms in total. The predicted octanol–water partition coefficient (Wildman–Crippen LogP) is 2.68. The normalized spacial score (nSPS) is 14.3. The van der Waals surface area contributed by atoms with Gasteiger partial charge in [0.25, 0.3) is 0 Å². The van der Waals surface area contributed by atoms with E-state index in [0.29, 0.717) is 0 Å². The number of nitrogens with two attached hydrogens (primary N) is 1. The standard InChI is InChI=1S/C13H17N5.2ClH/c14-12-8-11(18-9-15-16-10-18)4-5-13(12)17-6-2-1-3-7-17;;/h4-5,8-10H,1-3,6-7,14H2;2*1H. The second kappa shape index (κ2) is 7.36. The summed E-state index contributed by atoms with van der Waals surface area (Å²) in [7, 11) is 0. The van der Waals surface area contributed by atoms with E-state index in [1.165, 1.54) is 19.3 Å². The molecule has 110 valence electrons. The van der Waals surface area contributed by atoms with Gasteiger partial charge in [0.15, 0.2) is 0 Å². The maximum absolute atomic E-state index is 6.16. The maximum atomic E-state index is 6.16. The number of anilines is 2. The summed E-state index contributed by atoms with van der Waals surface area (Å²) >= 11 is 0. The number of nitrogen functional groups attached to an aromatic ring is 1. The SMILES string of the molecule is Cl.Cl.Nc1cc(-n2cnnc2)ccc1N1CCCCC1. The van der Waals surface area contributed by atoms with Gasteiger partial charge in [0, 0.05) is 13.1 Å². The molecule has 0 spiro atoms. The topological polar surface area (TPSA) is 60.0 Å². The minimum absolute atomic E-state index is 0. The summed E-state index contributed by atoms with van der Waals surface area (Å²) in [6.45, 7) is 2.21. The summed E-state index contributed by atoms with van der Waals surface area (Å²) in [5.41, 5.74) is 9.13. The van der Waals surface area contributed by atoms with Crippen LogP contribution in [0.1, 0.15) is 19.3 Å². The van der Waals surface area contributed by atoms with E-state index in [1.807, 2.05) is 10.6 Å². The van der Waals surface area contributed by atoms with Gasteiger partial charge in [-0.1, -0.05) is 0 Å². The molecule has 2 N–H and O–H groups in total. The zero-order chi connectivity index (χ0) is 12.4. The highest BCUT2D eigenvalue weighted by Crippen LogP contribution is 2.28. The molecular weight excluding hydrogens is 297 g/mol. The Bertz CT molecular complexity index is 524. The molecule has 2 aromatic rings. The van der Waals surface area contributed by atoms with Gasteiger partial charge in [-0.3, -0.25) is 4.57 Å². The van der Waals surface area contributed by atoms with Crippen LogP contribution in [-0.4, -0.2) is 27.9 Å². The number of benzene rings is 1. The first kappa shape index (κ1) is 16.6. The van der Waals surface area contributed by atoms with E-state index in [1.54, 1.807) is 12.7 Å². The van der Waals surface area contributed by atoms with Gasteiger partial charge in [0.05, 0.1) is 17.1 Å². The molecule has 0 aliphatic carbocycles. The fourth-order valence-corrected chi connectivity index (χ4v) is 2.46. The molecule has 7 heteroatoms. The Balaban J connectivity index is 0.000001000. The Morgan fingerprint density at radius 2 is 1.60 bits per heavy atom. The van der Waals surface area contributed by atoms with Crippen LogP contribution in [-0.2, 0) is 0 Å². The van der Waals surface area contributed by atoms with Crippen molar-refractivity contribution in [2.45, 2.75) is 19.3 Å². The molecule has 0 radical (unpaired) electrons. The first-order valence-electron chi connectivity index (χ1n) is 6.34. The van der Waals surface area contributed by atoms with Gasteiger partial charge in [0.1, 0.15) is 12.7 Å². The quantitative estimate of drug-likeness (QED) is 0.866. The van der Waals surface area contributed by atoms with Crippen molar-refractivity contribution in [1.29, 1.82) is 0 Å². The highest BCUT2D eigenvalue weighted by Gasteiger charge is 2.13. The lowest BCUT2D eigenvalue weighted by Gasteiger charge is -2.30. The summed E-state index contributed by atoms with van der Waals surface area (Å²) < 4.78 is 1.86. The van der Waals surface area contributed by atoms with Crippen LogP contribution < -0.4 is 10.6 Å². The maximum Gasteiger partial charge on any atom is 0.123 e. The second-order valence-electron chi connectivity index (χ2n) is 4.66. The van der Waals surface area contributed by atoms with E-state index < -0.39 is 0 Å². The molecule has 1 aliphatic rings. The van der Waals surface area contributed by atoms with Gasteiger partial charge in [0.2, 0.25) is 0 Å². The van der Waals surface area contributed by atoms with Crippen LogP contribution in [0, 0.1) is 0 Å². The van der Waals surface area contributed by atoms with Crippen molar-refractivity contribution in [3.63, 3.8) is 0 Å². The van der Waals surface area contributed by atoms with Gasteiger partial charge in [-0.25, -0.2) is 0 Å². The summed E-state index contributed by atoms with van der Waals surface area (Å²) in [6.07, 6.45) is 7.19. The zero-order valence-corrected chi connectivity index (χ0v) is 12.7. The van der Waals surface area contributed by atoms with Crippen molar-refractivity contribution in [1.82, 2.24) is 14.8 Å². The Hall–Kier alpha value is -1.46. The van der Waals surface area contributed by atoms with Crippen LogP contribution in [0.15, 0.2) is 30.9 Å². The molecule has 0 bridgehead atoms. The molecule has 0 atom stereocenters. The van der Waals surface area contributed by atoms with Crippen LogP contribution in [0.5, 0.6) is 0 Å². The van der Waals surface area contributed by atoms with Crippen molar-refractivity contribution in [3.8, 4) is 5.69 Å². The highest BCUT2D eigenvalue weighted by atomic mass is 35.5. The number of rotatable bonds is 2. The van der Waals surface area contributed by atoms with Crippen LogP contribution >= 0.6 is 24.8 Å². The largest absolute Gasteiger partial charge is 0.397 e. The van der Waals surface area contributed by atoms with Crippen molar-refractivity contribution >= 4 is 36.2 Å². The Kier molecular flexibility index (Phi) is 6.10. The molecule has 0 saturated carbocycles. The number of hydrogen-bond donors (Lipinski definition) is 1. The highest BCUT2D eigenvalue weighted by molar-refractivity contribution is 5.85. The lowest BCUT2D eigenvalue weighted by atomic mass is 10.1. The summed E-state index contributed by atoms with van der Waals surface area (Å²) in [5.74, 6) is 0. The van der Waals surface area contributed by atoms with Gasteiger partial charge in [-0.15, -0.1) is 35.0 Å². The zero-order valence-electron chi connectivity index (χ0n) is 11.1. The average molecular weight is 316 g/mol. The minimum atomic E-state index is 0.